The van der Waals surface area contributed by atoms with Crippen LogP contribution in [0.2, 0.25) is 0 Å². The fraction of sp³-hybridized carbons (Fsp3) is 0.308. The molecule has 2 aromatic rings. The van der Waals surface area contributed by atoms with Gasteiger partial charge in [0.15, 0.2) is 0 Å². The van der Waals surface area contributed by atoms with Gasteiger partial charge in [0.1, 0.15) is 12.2 Å². The van der Waals surface area contributed by atoms with Crippen molar-refractivity contribution in [2.45, 2.75) is 19.8 Å². The molecule has 0 fully saturated rings. The van der Waals surface area contributed by atoms with E-state index in [0.29, 0.717) is 18.9 Å². The van der Waals surface area contributed by atoms with Gasteiger partial charge in [-0.3, -0.25) is 4.79 Å². The number of nitrogens with zero attached hydrogens (tertiary/aromatic N) is 2. The molecule has 100 valence electrons. The minimum Gasteiger partial charge on any atom is -0.493 e. The molecule has 1 heterocycles. The Balaban J connectivity index is 1.82. The topological polar surface area (TPSA) is 85.5 Å². The number of carboxylic acid groups (broad SMARTS) is 1. The van der Waals surface area contributed by atoms with Gasteiger partial charge in [0.25, 0.3) is 0 Å². The van der Waals surface area contributed by atoms with Crippen molar-refractivity contribution in [2.24, 2.45) is 0 Å². The highest BCUT2D eigenvalue weighted by molar-refractivity contribution is 5.68. The number of benzene rings is 1. The van der Waals surface area contributed by atoms with E-state index in [1.807, 2.05) is 31.2 Å². The third kappa shape index (κ3) is 4.09. The van der Waals surface area contributed by atoms with Crippen molar-refractivity contribution in [3.05, 3.63) is 41.6 Å². The standard InChI is InChI=1S/C13H14N2O4/c1-9-3-2-4-10(7-9)18-6-5-11-14-15-12(19-11)8-13(16)17/h2-4,7H,5-6,8H2,1H3,(H,16,17). The lowest BCUT2D eigenvalue weighted by molar-refractivity contribution is -0.136. The second kappa shape index (κ2) is 5.99. The van der Waals surface area contributed by atoms with Crippen molar-refractivity contribution >= 4 is 5.97 Å². The van der Waals surface area contributed by atoms with E-state index in [2.05, 4.69) is 10.2 Å². The summed E-state index contributed by atoms with van der Waals surface area (Å²) in [6, 6.07) is 7.71. The van der Waals surface area contributed by atoms with Gasteiger partial charge in [-0.1, -0.05) is 12.1 Å². The number of hydrogen-bond acceptors (Lipinski definition) is 5. The number of carbonyl (C=O) groups is 1. The zero-order valence-electron chi connectivity index (χ0n) is 10.5. The third-order valence-electron chi connectivity index (χ3n) is 2.39. The summed E-state index contributed by atoms with van der Waals surface area (Å²) in [5.41, 5.74) is 1.12. The van der Waals surface area contributed by atoms with E-state index in [9.17, 15) is 4.79 Å². The van der Waals surface area contributed by atoms with E-state index in [1.165, 1.54) is 0 Å². The van der Waals surface area contributed by atoms with E-state index in [-0.39, 0.29) is 12.3 Å². The van der Waals surface area contributed by atoms with Crippen LogP contribution in [0.3, 0.4) is 0 Å². The number of aryl methyl sites for hydroxylation is 1. The van der Waals surface area contributed by atoms with Gasteiger partial charge < -0.3 is 14.3 Å². The number of aromatic nitrogens is 2. The molecule has 1 aromatic carbocycles. The van der Waals surface area contributed by atoms with Gasteiger partial charge in [0.2, 0.25) is 11.8 Å². The van der Waals surface area contributed by atoms with Gasteiger partial charge in [0.05, 0.1) is 13.0 Å². The first-order chi connectivity index (χ1) is 9.13. The number of aliphatic carboxylic acids is 1. The smallest absolute Gasteiger partial charge is 0.312 e. The van der Waals surface area contributed by atoms with Crippen LogP contribution in [0.15, 0.2) is 28.7 Å². The quantitative estimate of drug-likeness (QED) is 0.851. The molecule has 19 heavy (non-hydrogen) atoms. The van der Waals surface area contributed by atoms with Crippen LogP contribution in [-0.2, 0) is 17.6 Å². The summed E-state index contributed by atoms with van der Waals surface area (Å²) in [5.74, 6) is 0.276. The van der Waals surface area contributed by atoms with Crippen LogP contribution in [0, 0.1) is 6.92 Å². The number of hydrogen-bond donors (Lipinski definition) is 1. The van der Waals surface area contributed by atoms with E-state index < -0.39 is 5.97 Å². The second-order valence-electron chi connectivity index (χ2n) is 4.08. The van der Waals surface area contributed by atoms with Gasteiger partial charge in [-0.05, 0) is 24.6 Å². The Morgan fingerprint density at radius 1 is 1.37 bits per heavy atom. The molecule has 1 N–H and O–H groups in total. The average molecular weight is 262 g/mol. The maximum absolute atomic E-state index is 10.5. The predicted molar refractivity (Wildman–Crippen MR) is 66.0 cm³/mol. The fourth-order valence-electron chi connectivity index (χ4n) is 1.55. The highest BCUT2D eigenvalue weighted by Gasteiger charge is 2.09. The molecule has 0 bridgehead atoms. The van der Waals surface area contributed by atoms with E-state index in [1.54, 1.807) is 0 Å². The van der Waals surface area contributed by atoms with E-state index >= 15 is 0 Å². The number of carboxylic acids is 1. The maximum atomic E-state index is 10.5. The van der Waals surface area contributed by atoms with Crippen molar-refractivity contribution in [3.63, 3.8) is 0 Å². The highest BCUT2D eigenvalue weighted by atomic mass is 16.5. The van der Waals surface area contributed by atoms with E-state index in [0.717, 1.165) is 11.3 Å². The first kappa shape index (κ1) is 13.1. The Hall–Kier alpha value is -2.37. The lowest BCUT2D eigenvalue weighted by Gasteiger charge is -2.04. The van der Waals surface area contributed by atoms with Crippen LogP contribution < -0.4 is 4.74 Å². The second-order valence-corrected chi connectivity index (χ2v) is 4.08. The number of rotatable bonds is 6. The minimum atomic E-state index is -0.994. The van der Waals surface area contributed by atoms with Crippen molar-refractivity contribution in [1.82, 2.24) is 10.2 Å². The number of ether oxygens (including phenoxy) is 1. The average Bonchev–Trinajstić information content (AvgIpc) is 2.76. The summed E-state index contributed by atoms with van der Waals surface area (Å²) in [6.45, 7) is 2.39. The molecule has 0 aliphatic carbocycles. The molecule has 0 saturated carbocycles. The lowest BCUT2D eigenvalue weighted by Crippen LogP contribution is -2.01. The first-order valence-electron chi connectivity index (χ1n) is 5.86. The molecule has 2 rings (SSSR count). The van der Waals surface area contributed by atoms with Gasteiger partial charge in [-0.2, -0.15) is 0 Å². The van der Waals surface area contributed by atoms with Crippen LogP contribution >= 0.6 is 0 Å². The molecule has 6 heteroatoms. The van der Waals surface area contributed by atoms with E-state index in [4.69, 9.17) is 14.3 Å². The van der Waals surface area contributed by atoms with Crippen molar-refractivity contribution in [2.75, 3.05) is 6.61 Å². The van der Waals surface area contributed by atoms with Gasteiger partial charge in [-0.25, -0.2) is 0 Å². The zero-order valence-corrected chi connectivity index (χ0v) is 10.5. The summed E-state index contributed by atoms with van der Waals surface area (Å²) in [5, 5.41) is 16.0. The summed E-state index contributed by atoms with van der Waals surface area (Å²) in [7, 11) is 0. The van der Waals surface area contributed by atoms with Crippen molar-refractivity contribution < 1.29 is 19.1 Å². The molecular weight excluding hydrogens is 248 g/mol. The summed E-state index contributed by atoms with van der Waals surface area (Å²) >= 11 is 0. The van der Waals surface area contributed by atoms with Gasteiger partial charge in [0, 0.05) is 0 Å². The molecule has 0 amide bonds. The van der Waals surface area contributed by atoms with Crippen LogP contribution in [0.5, 0.6) is 5.75 Å². The Morgan fingerprint density at radius 3 is 2.89 bits per heavy atom. The maximum Gasteiger partial charge on any atom is 0.312 e. The van der Waals surface area contributed by atoms with Crippen molar-refractivity contribution in [3.8, 4) is 5.75 Å². The fourth-order valence-corrected chi connectivity index (χ4v) is 1.55. The summed E-state index contributed by atoms with van der Waals surface area (Å²) in [4.78, 5) is 10.5. The third-order valence-corrected chi connectivity index (χ3v) is 2.39. The lowest BCUT2D eigenvalue weighted by atomic mass is 10.2. The van der Waals surface area contributed by atoms with Crippen LogP contribution in [0.4, 0.5) is 0 Å². The molecule has 0 saturated heterocycles. The summed E-state index contributed by atoms with van der Waals surface area (Å²) in [6.07, 6.45) is 0.187. The molecule has 0 spiro atoms. The molecule has 0 unspecified atom stereocenters. The van der Waals surface area contributed by atoms with Crippen LogP contribution in [0.25, 0.3) is 0 Å². The molecule has 0 atom stereocenters. The molecule has 6 nitrogen and oxygen atoms in total. The molecule has 0 aliphatic rings. The van der Waals surface area contributed by atoms with Crippen LogP contribution in [0.1, 0.15) is 17.3 Å². The first-order valence-corrected chi connectivity index (χ1v) is 5.86. The van der Waals surface area contributed by atoms with Gasteiger partial charge in [-0.15, -0.1) is 10.2 Å². The molecular formula is C13H14N2O4. The summed E-state index contributed by atoms with van der Waals surface area (Å²) < 4.78 is 10.7. The minimum absolute atomic E-state index is 0.109. The monoisotopic (exact) mass is 262 g/mol. The Morgan fingerprint density at radius 2 is 2.16 bits per heavy atom. The van der Waals surface area contributed by atoms with Gasteiger partial charge >= 0.3 is 5.97 Å². The molecule has 0 aliphatic heterocycles. The highest BCUT2D eigenvalue weighted by Crippen LogP contribution is 2.12. The molecule has 1 aromatic heterocycles. The SMILES string of the molecule is Cc1cccc(OCCc2nnc(CC(=O)O)o2)c1. The Kier molecular flexibility index (Phi) is 4.12. The largest absolute Gasteiger partial charge is 0.493 e. The Bertz CT molecular complexity index is 565. The Labute approximate surface area is 110 Å². The van der Waals surface area contributed by atoms with Crippen molar-refractivity contribution in [1.29, 1.82) is 0 Å². The predicted octanol–water partition coefficient (Wildman–Crippen LogP) is 1.63. The molecule has 0 radical (unpaired) electrons. The zero-order chi connectivity index (χ0) is 13.7. The van der Waals surface area contributed by atoms with Crippen LogP contribution in [-0.4, -0.2) is 27.9 Å². The normalized spacial score (nSPS) is 10.4.